The number of carbonyl (C=O) groups is 1. The first-order valence-corrected chi connectivity index (χ1v) is 6.43. The number of aromatic carboxylic acids is 1. The van der Waals surface area contributed by atoms with E-state index in [1.54, 1.807) is 12.1 Å². The van der Waals surface area contributed by atoms with E-state index in [9.17, 15) is 9.90 Å². The van der Waals surface area contributed by atoms with Gasteiger partial charge >= 0.3 is 5.97 Å². The molecule has 0 atom stereocenters. The minimum absolute atomic E-state index is 0.297. The number of carboxylic acid groups (broad SMARTS) is 1. The number of para-hydroxylation sites is 1. The predicted molar refractivity (Wildman–Crippen MR) is 75.5 cm³/mol. The molecule has 0 aliphatic carbocycles. The highest BCUT2D eigenvalue weighted by molar-refractivity contribution is 6.30. The zero-order chi connectivity index (χ0) is 13.4. The maximum Gasteiger partial charge on any atom is 0.337 e. The number of carboxylic acids is 1. The summed E-state index contributed by atoms with van der Waals surface area (Å²) in [5, 5.41) is 13.1. The van der Waals surface area contributed by atoms with Crippen molar-refractivity contribution in [3.05, 3.63) is 58.1 Å². The van der Waals surface area contributed by atoms with Crippen molar-refractivity contribution >= 4 is 28.9 Å². The van der Waals surface area contributed by atoms with E-state index in [1.807, 2.05) is 24.3 Å². The third kappa shape index (κ3) is 2.17. The molecule has 3 rings (SSSR count). The second kappa shape index (κ2) is 4.59. The normalized spacial score (nSPS) is 12.9. The number of nitrogens with one attached hydrogen (secondary N) is 1. The van der Waals surface area contributed by atoms with Gasteiger partial charge in [0.2, 0.25) is 0 Å². The molecule has 0 aromatic heterocycles. The van der Waals surface area contributed by atoms with Crippen LogP contribution in [-0.4, -0.2) is 11.1 Å². The zero-order valence-electron chi connectivity index (χ0n) is 10.1. The van der Waals surface area contributed by atoms with Crippen molar-refractivity contribution in [2.24, 2.45) is 0 Å². The average molecular weight is 274 g/mol. The Morgan fingerprint density at radius 1 is 1.16 bits per heavy atom. The molecule has 0 amide bonds. The van der Waals surface area contributed by atoms with Gasteiger partial charge in [-0.05, 0) is 42.2 Å². The number of anilines is 2. The summed E-state index contributed by atoms with van der Waals surface area (Å²) in [4.78, 5) is 11.3. The molecule has 1 heterocycles. The highest BCUT2D eigenvalue weighted by Gasteiger charge is 2.18. The van der Waals surface area contributed by atoms with E-state index in [0.29, 0.717) is 16.3 Å². The van der Waals surface area contributed by atoms with Gasteiger partial charge in [-0.15, -0.1) is 0 Å². The SMILES string of the molecule is O=C(O)c1cccc2c1Nc1cc(Cl)ccc1CC2. The molecule has 3 nitrogen and oxygen atoms in total. The van der Waals surface area contributed by atoms with Crippen LogP contribution in [0.15, 0.2) is 36.4 Å². The first kappa shape index (κ1) is 12.1. The van der Waals surface area contributed by atoms with Crippen LogP contribution in [0.3, 0.4) is 0 Å². The quantitative estimate of drug-likeness (QED) is 0.829. The Kier molecular flexibility index (Phi) is 2.91. The molecule has 4 heteroatoms. The van der Waals surface area contributed by atoms with Gasteiger partial charge in [-0.25, -0.2) is 4.79 Å². The largest absolute Gasteiger partial charge is 0.478 e. The molecule has 19 heavy (non-hydrogen) atoms. The Labute approximate surface area is 115 Å². The highest BCUT2D eigenvalue weighted by Crippen LogP contribution is 2.33. The maximum absolute atomic E-state index is 11.3. The van der Waals surface area contributed by atoms with E-state index < -0.39 is 5.97 Å². The zero-order valence-corrected chi connectivity index (χ0v) is 10.9. The molecule has 0 spiro atoms. The molecule has 1 aliphatic heterocycles. The van der Waals surface area contributed by atoms with Crippen LogP contribution in [0.1, 0.15) is 21.5 Å². The molecule has 2 aromatic rings. The molecule has 0 saturated heterocycles. The number of halogens is 1. The van der Waals surface area contributed by atoms with Crippen molar-refractivity contribution in [2.75, 3.05) is 5.32 Å². The fourth-order valence-corrected chi connectivity index (χ4v) is 2.59. The van der Waals surface area contributed by atoms with Crippen molar-refractivity contribution in [1.82, 2.24) is 0 Å². The van der Waals surface area contributed by atoms with Crippen LogP contribution in [0, 0.1) is 0 Å². The van der Waals surface area contributed by atoms with Gasteiger partial charge in [0, 0.05) is 10.7 Å². The van der Waals surface area contributed by atoms with Crippen LogP contribution in [0.25, 0.3) is 0 Å². The summed E-state index contributed by atoms with van der Waals surface area (Å²) in [5.74, 6) is -0.921. The fraction of sp³-hybridized carbons (Fsp3) is 0.133. The number of fused-ring (bicyclic) bond motifs is 2. The lowest BCUT2D eigenvalue weighted by atomic mass is 10.0. The van der Waals surface area contributed by atoms with E-state index >= 15 is 0 Å². The minimum Gasteiger partial charge on any atom is -0.478 e. The summed E-state index contributed by atoms with van der Waals surface area (Å²) in [7, 11) is 0. The van der Waals surface area contributed by atoms with Crippen LogP contribution in [0.2, 0.25) is 5.02 Å². The van der Waals surface area contributed by atoms with E-state index in [-0.39, 0.29) is 0 Å². The van der Waals surface area contributed by atoms with Gasteiger partial charge in [0.25, 0.3) is 0 Å². The molecular weight excluding hydrogens is 262 g/mol. The van der Waals surface area contributed by atoms with E-state index in [0.717, 1.165) is 29.7 Å². The summed E-state index contributed by atoms with van der Waals surface area (Å²) in [5.41, 5.74) is 4.03. The second-order valence-corrected chi connectivity index (χ2v) is 5.01. The Bertz CT molecular complexity index is 667. The molecule has 0 saturated carbocycles. The monoisotopic (exact) mass is 273 g/mol. The smallest absolute Gasteiger partial charge is 0.337 e. The lowest BCUT2D eigenvalue weighted by molar-refractivity contribution is 0.0698. The Hall–Kier alpha value is -2.00. The molecule has 96 valence electrons. The van der Waals surface area contributed by atoms with Crippen LogP contribution < -0.4 is 5.32 Å². The molecule has 0 bridgehead atoms. The number of hydrogen-bond donors (Lipinski definition) is 2. The molecule has 0 unspecified atom stereocenters. The summed E-state index contributed by atoms with van der Waals surface area (Å²) >= 11 is 6.00. The average Bonchev–Trinajstić information content (AvgIpc) is 2.56. The molecule has 2 N–H and O–H groups in total. The Morgan fingerprint density at radius 2 is 1.95 bits per heavy atom. The molecule has 1 aliphatic rings. The molecule has 0 radical (unpaired) electrons. The second-order valence-electron chi connectivity index (χ2n) is 4.57. The van der Waals surface area contributed by atoms with Crippen molar-refractivity contribution in [1.29, 1.82) is 0 Å². The van der Waals surface area contributed by atoms with Gasteiger partial charge < -0.3 is 10.4 Å². The lowest BCUT2D eigenvalue weighted by Gasteiger charge is -2.12. The lowest BCUT2D eigenvalue weighted by Crippen LogP contribution is -2.04. The van der Waals surface area contributed by atoms with Gasteiger partial charge in [0.1, 0.15) is 0 Å². The third-order valence-electron chi connectivity index (χ3n) is 3.38. The van der Waals surface area contributed by atoms with Crippen molar-refractivity contribution in [2.45, 2.75) is 12.8 Å². The van der Waals surface area contributed by atoms with Gasteiger partial charge in [0.05, 0.1) is 11.3 Å². The number of benzene rings is 2. The van der Waals surface area contributed by atoms with Gasteiger partial charge in [-0.3, -0.25) is 0 Å². The summed E-state index contributed by atoms with van der Waals surface area (Å²) in [6.07, 6.45) is 1.69. The maximum atomic E-state index is 11.3. The first-order valence-electron chi connectivity index (χ1n) is 6.06. The standard InChI is InChI=1S/C15H12ClNO2/c16-11-7-6-9-4-5-10-2-1-3-12(15(18)19)14(10)17-13(9)8-11/h1-3,6-8,17H,4-5H2,(H,18,19). The number of aryl methyl sites for hydroxylation is 2. The summed E-state index contributed by atoms with van der Waals surface area (Å²) in [6, 6.07) is 11.0. The van der Waals surface area contributed by atoms with Gasteiger partial charge in [-0.1, -0.05) is 29.8 Å². The van der Waals surface area contributed by atoms with E-state index in [2.05, 4.69) is 5.32 Å². The van der Waals surface area contributed by atoms with Crippen LogP contribution >= 0.6 is 11.6 Å². The highest BCUT2D eigenvalue weighted by atomic mass is 35.5. The van der Waals surface area contributed by atoms with Crippen LogP contribution in [-0.2, 0) is 12.8 Å². The molecule has 2 aromatic carbocycles. The summed E-state index contributed by atoms with van der Waals surface area (Å²) < 4.78 is 0. The van der Waals surface area contributed by atoms with E-state index in [4.69, 9.17) is 11.6 Å². The summed E-state index contributed by atoms with van der Waals surface area (Å²) in [6.45, 7) is 0. The van der Waals surface area contributed by atoms with Gasteiger partial charge in [-0.2, -0.15) is 0 Å². The van der Waals surface area contributed by atoms with E-state index in [1.165, 1.54) is 0 Å². The predicted octanol–water partition coefficient (Wildman–Crippen LogP) is 3.88. The Balaban J connectivity index is 2.15. The first-order chi connectivity index (χ1) is 9.15. The van der Waals surface area contributed by atoms with Crippen molar-refractivity contribution in [3.8, 4) is 0 Å². The van der Waals surface area contributed by atoms with Crippen molar-refractivity contribution in [3.63, 3.8) is 0 Å². The third-order valence-corrected chi connectivity index (χ3v) is 3.61. The number of hydrogen-bond acceptors (Lipinski definition) is 2. The van der Waals surface area contributed by atoms with Gasteiger partial charge in [0.15, 0.2) is 0 Å². The van der Waals surface area contributed by atoms with Crippen LogP contribution in [0.4, 0.5) is 11.4 Å². The topological polar surface area (TPSA) is 49.3 Å². The number of rotatable bonds is 1. The van der Waals surface area contributed by atoms with Crippen molar-refractivity contribution < 1.29 is 9.90 Å². The molecular formula is C15H12ClNO2. The minimum atomic E-state index is -0.921. The fourth-order valence-electron chi connectivity index (χ4n) is 2.42. The Morgan fingerprint density at radius 3 is 2.74 bits per heavy atom. The molecule has 0 fully saturated rings. The van der Waals surface area contributed by atoms with Crippen LogP contribution in [0.5, 0.6) is 0 Å².